The highest BCUT2D eigenvalue weighted by Gasteiger charge is 2.32. The molecule has 1 aromatic rings. The molecule has 0 radical (unpaired) electrons. The number of carbonyl (C=O) groups is 1. The van der Waals surface area contributed by atoms with Crippen LogP contribution in [0.3, 0.4) is 0 Å². The van der Waals surface area contributed by atoms with E-state index in [1.54, 1.807) is 0 Å². The van der Waals surface area contributed by atoms with Crippen LogP contribution in [-0.4, -0.2) is 42.5 Å². The second-order valence-corrected chi connectivity index (χ2v) is 6.92. The first kappa shape index (κ1) is 15.5. The fraction of sp³-hybridized carbons (Fsp3) is 0.611. The first-order valence-corrected chi connectivity index (χ1v) is 8.44. The van der Waals surface area contributed by atoms with E-state index in [4.69, 9.17) is 5.73 Å². The van der Waals surface area contributed by atoms with Gasteiger partial charge in [0.2, 0.25) is 5.91 Å². The van der Waals surface area contributed by atoms with Gasteiger partial charge in [-0.3, -0.25) is 9.69 Å². The van der Waals surface area contributed by atoms with E-state index < -0.39 is 0 Å². The minimum atomic E-state index is 0.233. The van der Waals surface area contributed by atoms with Crippen LogP contribution in [0.2, 0.25) is 0 Å². The topological polar surface area (TPSA) is 49.6 Å². The first-order valence-electron chi connectivity index (χ1n) is 8.44. The van der Waals surface area contributed by atoms with Crippen molar-refractivity contribution in [1.29, 1.82) is 0 Å². The molecule has 1 aromatic carbocycles. The van der Waals surface area contributed by atoms with Crippen LogP contribution in [0.25, 0.3) is 0 Å². The van der Waals surface area contributed by atoms with Gasteiger partial charge < -0.3 is 10.6 Å². The van der Waals surface area contributed by atoms with Crippen LogP contribution in [0, 0.1) is 5.92 Å². The zero-order valence-electron chi connectivity index (χ0n) is 13.7. The highest BCUT2D eigenvalue weighted by Crippen LogP contribution is 2.32. The first-order chi connectivity index (χ1) is 10.6. The third-order valence-corrected chi connectivity index (χ3v) is 5.21. The summed E-state index contributed by atoms with van der Waals surface area (Å²) >= 11 is 0. The van der Waals surface area contributed by atoms with Crippen LogP contribution in [0.4, 0.5) is 5.69 Å². The average molecular weight is 301 g/mol. The third kappa shape index (κ3) is 3.03. The molecular weight excluding hydrogens is 274 g/mol. The number of nitrogens with zero attached hydrogens (tertiary/aromatic N) is 2. The zero-order valence-corrected chi connectivity index (χ0v) is 13.7. The fourth-order valence-corrected chi connectivity index (χ4v) is 3.85. The molecular formula is C18H27N3O. The number of piperidine rings is 1. The number of amides is 1. The molecule has 1 amide bonds. The maximum absolute atomic E-state index is 12.8. The Morgan fingerprint density at radius 1 is 1.32 bits per heavy atom. The van der Waals surface area contributed by atoms with Gasteiger partial charge >= 0.3 is 0 Å². The molecule has 1 fully saturated rings. The Hall–Kier alpha value is -1.39. The zero-order chi connectivity index (χ0) is 15.7. The highest BCUT2D eigenvalue weighted by atomic mass is 16.2. The SMILES string of the molecule is CC(N)C1CCN(CC(=O)N2c3ccccc3CC2C)CC1. The number of para-hydroxylation sites is 1. The number of anilines is 1. The highest BCUT2D eigenvalue weighted by molar-refractivity contribution is 5.97. The number of hydrogen-bond donors (Lipinski definition) is 1. The molecule has 0 spiro atoms. The van der Waals surface area contributed by atoms with Gasteiger partial charge in [-0.25, -0.2) is 0 Å². The van der Waals surface area contributed by atoms with Crippen molar-refractivity contribution in [2.75, 3.05) is 24.5 Å². The molecule has 2 aliphatic rings. The largest absolute Gasteiger partial charge is 0.328 e. The summed E-state index contributed by atoms with van der Waals surface area (Å²) in [5, 5.41) is 0. The van der Waals surface area contributed by atoms with Crippen molar-refractivity contribution in [1.82, 2.24) is 4.90 Å². The van der Waals surface area contributed by atoms with Crippen molar-refractivity contribution >= 4 is 11.6 Å². The van der Waals surface area contributed by atoms with E-state index in [0.717, 1.165) is 38.0 Å². The second-order valence-electron chi connectivity index (χ2n) is 6.92. The van der Waals surface area contributed by atoms with Gasteiger partial charge in [-0.1, -0.05) is 18.2 Å². The van der Waals surface area contributed by atoms with Gasteiger partial charge in [-0.2, -0.15) is 0 Å². The Bertz CT molecular complexity index is 535. The molecule has 0 saturated carbocycles. The minimum Gasteiger partial charge on any atom is -0.328 e. The molecule has 22 heavy (non-hydrogen) atoms. The maximum Gasteiger partial charge on any atom is 0.241 e. The van der Waals surface area contributed by atoms with Crippen LogP contribution < -0.4 is 10.6 Å². The van der Waals surface area contributed by atoms with Gasteiger partial charge in [-0.05, 0) is 63.7 Å². The van der Waals surface area contributed by atoms with E-state index >= 15 is 0 Å². The standard InChI is InChI=1S/C18H27N3O/c1-13-11-16-5-3-4-6-17(16)21(13)18(22)12-20-9-7-15(8-10-20)14(2)19/h3-6,13-15H,7-12,19H2,1-2H3. The molecule has 4 heteroatoms. The third-order valence-electron chi connectivity index (χ3n) is 5.21. The summed E-state index contributed by atoms with van der Waals surface area (Å²) in [5.74, 6) is 0.842. The second kappa shape index (κ2) is 6.39. The summed E-state index contributed by atoms with van der Waals surface area (Å²) in [7, 11) is 0. The number of rotatable bonds is 3. The lowest BCUT2D eigenvalue weighted by molar-refractivity contribution is -0.120. The molecule has 2 aliphatic heterocycles. The van der Waals surface area contributed by atoms with E-state index in [9.17, 15) is 4.79 Å². The van der Waals surface area contributed by atoms with Crippen LogP contribution in [0.15, 0.2) is 24.3 Å². The smallest absolute Gasteiger partial charge is 0.241 e. The van der Waals surface area contributed by atoms with Gasteiger partial charge in [0, 0.05) is 17.8 Å². The molecule has 3 rings (SSSR count). The van der Waals surface area contributed by atoms with Crippen LogP contribution >= 0.6 is 0 Å². The van der Waals surface area contributed by atoms with Crippen LogP contribution in [-0.2, 0) is 11.2 Å². The normalized spacial score (nSPS) is 24.3. The van der Waals surface area contributed by atoms with Crippen molar-refractivity contribution in [3.05, 3.63) is 29.8 Å². The molecule has 2 unspecified atom stereocenters. The Labute approximate surface area is 133 Å². The molecule has 1 saturated heterocycles. The number of hydrogen-bond acceptors (Lipinski definition) is 3. The van der Waals surface area contributed by atoms with Crippen molar-refractivity contribution in [2.24, 2.45) is 11.7 Å². The molecule has 120 valence electrons. The van der Waals surface area contributed by atoms with E-state index in [1.165, 1.54) is 5.56 Å². The van der Waals surface area contributed by atoms with Gasteiger partial charge in [-0.15, -0.1) is 0 Å². The van der Waals surface area contributed by atoms with Gasteiger partial charge in [0.05, 0.1) is 6.54 Å². The Balaban J connectivity index is 1.61. The number of fused-ring (bicyclic) bond motifs is 1. The quantitative estimate of drug-likeness (QED) is 0.929. The average Bonchev–Trinajstić information content (AvgIpc) is 2.83. The van der Waals surface area contributed by atoms with Gasteiger partial charge in [0.15, 0.2) is 0 Å². The van der Waals surface area contributed by atoms with E-state index in [2.05, 4.69) is 36.9 Å². The monoisotopic (exact) mass is 301 g/mol. The summed E-state index contributed by atoms with van der Waals surface area (Å²) in [6.45, 7) is 6.74. The number of carbonyl (C=O) groups excluding carboxylic acids is 1. The Kier molecular flexibility index (Phi) is 4.50. The van der Waals surface area contributed by atoms with Crippen LogP contribution in [0.1, 0.15) is 32.3 Å². The lowest BCUT2D eigenvalue weighted by Gasteiger charge is -2.34. The van der Waals surface area contributed by atoms with E-state index in [-0.39, 0.29) is 18.0 Å². The van der Waals surface area contributed by atoms with Crippen molar-refractivity contribution in [3.8, 4) is 0 Å². The van der Waals surface area contributed by atoms with E-state index in [0.29, 0.717) is 12.5 Å². The number of likely N-dealkylation sites (tertiary alicyclic amines) is 1. The molecule has 2 atom stereocenters. The van der Waals surface area contributed by atoms with Gasteiger partial charge in [0.1, 0.15) is 0 Å². The van der Waals surface area contributed by atoms with Crippen molar-refractivity contribution in [2.45, 2.75) is 45.2 Å². The predicted molar refractivity (Wildman–Crippen MR) is 89.9 cm³/mol. The lowest BCUT2D eigenvalue weighted by atomic mass is 9.91. The summed E-state index contributed by atoms with van der Waals surface area (Å²) in [5.41, 5.74) is 8.38. The van der Waals surface area contributed by atoms with Gasteiger partial charge in [0.25, 0.3) is 0 Å². The summed E-state index contributed by atoms with van der Waals surface area (Å²) < 4.78 is 0. The summed E-state index contributed by atoms with van der Waals surface area (Å²) in [4.78, 5) is 17.0. The molecule has 2 heterocycles. The van der Waals surface area contributed by atoms with Crippen LogP contribution in [0.5, 0.6) is 0 Å². The van der Waals surface area contributed by atoms with Crippen molar-refractivity contribution < 1.29 is 4.79 Å². The van der Waals surface area contributed by atoms with E-state index in [1.807, 2.05) is 11.0 Å². The Morgan fingerprint density at radius 2 is 2.00 bits per heavy atom. The fourth-order valence-electron chi connectivity index (χ4n) is 3.85. The summed E-state index contributed by atoms with van der Waals surface area (Å²) in [6.07, 6.45) is 3.18. The molecule has 4 nitrogen and oxygen atoms in total. The minimum absolute atomic E-state index is 0.233. The van der Waals surface area contributed by atoms with Crippen molar-refractivity contribution in [3.63, 3.8) is 0 Å². The number of benzene rings is 1. The molecule has 2 N–H and O–H groups in total. The molecule has 0 aromatic heterocycles. The predicted octanol–water partition coefficient (Wildman–Crippen LogP) is 2.02. The maximum atomic E-state index is 12.8. The molecule has 0 bridgehead atoms. The molecule has 0 aliphatic carbocycles. The summed E-state index contributed by atoms with van der Waals surface area (Å²) in [6, 6.07) is 8.81. The lowest BCUT2D eigenvalue weighted by Crippen LogP contribution is -2.46. The Morgan fingerprint density at radius 3 is 2.68 bits per heavy atom. The number of nitrogens with two attached hydrogens (primary N) is 1.